The lowest BCUT2D eigenvalue weighted by molar-refractivity contribution is -0.124. The van der Waals surface area contributed by atoms with E-state index in [1.54, 1.807) is 4.68 Å². The molecule has 1 heterocycles. The van der Waals surface area contributed by atoms with Crippen LogP contribution in [0, 0.1) is 13.8 Å². The van der Waals surface area contributed by atoms with Crippen LogP contribution < -0.4 is 10.6 Å². The van der Waals surface area contributed by atoms with Crippen LogP contribution in [0.15, 0.2) is 24.3 Å². The topological polar surface area (TPSA) is 76.0 Å². The molecule has 0 spiro atoms. The number of unbranched alkanes of at least 4 members (excludes halogenated alkanes) is 2. The molecule has 0 bridgehead atoms. The van der Waals surface area contributed by atoms with Crippen LogP contribution in [-0.4, -0.2) is 28.1 Å². The van der Waals surface area contributed by atoms with E-state index in [1.807, 2.05) is 32.0 Å². The number of carbonyl (C=O) groups excluding carboxylic acids is 2. The SMILES string of the molecule is CCCCCC(=O)NCC(=O)Nc1cc(C(C)(C)C)nn1-c1ccc(C)cc1C. The zero-order valence-corrected chi connectivity index (χ0v) is 18.6. The first-order valence-corrected chi connectivity index (χ1v) is 10.4. The molecular formula is C23H34N4O2. The van der Waals surface area contributed by atoms with Crippen LogP contribution in [0.4, 0.5) is 5.82 Å². The van der Waals surface area contributed by atoms with Gasteiger partial charge in [0, 0.05) is 17.9 Å². The van der Waals surface area contributed by atoms with Crippen molar-refractivity contribution in [1.82, 2.24) is 15.1 Å². The molecule has 0 saturated heterocycles. The van der Waals surface area contributed by atoms with E-state index in [0.717, 1.165) is 36.2 Å². The summed E-state index contributed by atoms with van der Waals surface area (Å²) in [4.78, 5) is 24.3. The van der Waals surface area contributed by atoms with Crippen LogP contribution in [0.25, 0.3) is 5.69 Å². The number of nitrogens with one attached hydrogen (secondary N) is 2. The van der Waals surface area contributed by atoms with Crippen LogP contribution in [0.5, 0.6) is 0 Å². The summed E-state index contributed by atoms with van der Waals surface area (Å²) >= 11 is 0. The van der Waals surface area contributed by atoms with Crippen LogP contribution in [0.2, 0.25) is 0 Å². The Morgan fingerprint density at radius 1 is 1.07 bits per heavy atom. The number of rotatable bonds is 8. The van der Waals surface area contributed by atoms with Crippen molar-refractivity contribution in [3.63, 3.8) is 0 Å². The van der Waals surface area contributed by atoms with Gasteiger partial charge in [0.2, 0.25) is 11.8 Å². The molecule has 0 radical (unpaired) electrons. The molecule has 0 unspecified atom stereocenters. The first kappa shape index (κ1) is 22.7. The van der Waals surface area contributed by atoms with E-state index < -0.39 is 0 Å². The Morgan fingerprint density at radius 2 is 1.79 bits per heavy atom. The second kappa shape index (κ2) is 9.72. The maximum atomic E-state index is 12.5. The molecule has 1 aromatic heterocycles. The number of hydrogen-bond donors (Lipinski definition) is 2. The van der Waals surface area contributed by atoms with E-state index in [-0.39, 0.29) is 23.8 Å². The normalized spacial score (nSPS) is 11.4. The summed E-state index contributed by atoms with van der Waals surface area (Å²) in [5.74, 6) is 0.249. The van der Waals surface area contributed by atoms with Gasteiger partial charge in [-0.05, 0) is 31.9 Å². The minimum absolute atomic E-state index is 0.0477. The molecule has 6 heteroatoms. The number of anilines is 1. The maximum Gasteiger partial charge on any atom is 0.244 e. The molecule has 0 aliphatic heterocycles. The van der Waals surface area contributed by atoms with Gasteiger partial charge in [0.05, 0.1) is 17.9 Å². The summed E-state index contributed by atoms with van der Waals surface area (Å²) in [6, 6.07) is 8.04. The summed E-state index contributed by atoms with van der Waals surface area (Å²) in [6.07, 6.45) is 3.38. The lowest BCUT2D eigenvalue weighted by Gasteiger charge is -2.14. The second-order valence-electron chi connectivity index (χ2n) is 8.65. The fourth-order valence-electron chi connectivity index (χ4n) is 3.05. The van der Waals surface area contributed by atoms with Crippen molar-refractivity contribution < 1.29 is 9.59 Å². The zero-order chi connectivity index (χ0) is 21.6. The third kappa shape index (κ3) is 6.44. The van der Waals surface area contributed by atoms with E-state index in [1.165, 1.54) is 5.56 Å². The largest absolute Gasteiger partial charge is 0.347 e. The maximum absolute atomic E-state index is 12.5. The van der Waals surface area contributed by atoms with Crippen molar-refractivity contribution in [3.8, 4) is 5.69 Å². The van der Waals surface area contributed by atoms with Crippen molar-refractivity contribution in [2.24, 2.45) is 0 Å². The fourth-order valence-corrected chi connectivity index (χ4v) is 3.05. The Morgan fingerprint density at radius 3 is 2.41 bits per heavy atom. The predicted molar refractivity (Wildman–Crippen MR) is 118 cm³/mol. The summed E-state index contributed by atoms with van der Waals surface area (Å²) < 4.78 is 1.77. The molecule has 0 atom stereocenters. The Hall–Kier alpha value is -2.63. The molecule has 158 valence electrons. The molecule has 1 aromatic carbocycles. The standard InChI is InChI=1S/C23H34N4O2/c1-7-8-9-10-21(28)24-15-22(29)25-20-14-19(23(4,5)6)26-27(20)18-12-11-16(2)13-17(18)3/h11-14H,7-10,15H2,1-6H3,(H,24,28)(H,25,29). The number of aryl methyl sites for hydroxylation is 2. The number of aromatic nitrogens is 2. The van der Waals surface area contributed by atoms with E-state index in [0.29, 0.717) is 12.2 Å². The first-order chi connectivity index (χ1) is 13.6. The van der Waals surface area contributed by atoms with E-state index in [2.05, 4.69) is 44.4 Å². The van der Waals surface area contributed by atoms with Crippen LogP contribution >= 0.6 is 0 Å². The number of hydrogen-bond acceptors (Lipinski definition) is 3. The Kier molecular flexibility index (Phi) is 7.59. The molecule has 2 aromatic rings. The average Bonchev–Trinajstić information content (AvgIpc) is 3.04. The van der Waals surface area contributed by atoms with Gasteiger partial charge in [-0.2, -0.15) is 5.10 Å². The molecule has 0 aliphatic carbocycles. The third-order valence-electron chi connectivity index (χ3n) is 4.78. The molecule has 0 saturated carbocycles. The van der Waals surface area contributed by atoms with Crippen LogP contribution in [0.3, 0.4) is 0 Å². The molecule has 0 aliphatic rings. The summed E-state index contributed by atoms with van der Waals surface area (Å²) in [5.41, 5.74) is 3.90. The van der Waals surface area contributed by atoms with Gasteiger partial charge in [-0.3, -0.25) is 9.59 Å². The molecule has 2 N–H and O–H groups in total. The van der Waals surface area contributed by atoms with Gasteiger partial charge in [0.25, 0.3) is 0 Å². The number of carbonyl (C=O) groups is 2. The Balaban J connectivity index is 2.17. The Bertz CT molecular complexity index is 862. The predicted octanol–water partition coefficient (Wildman–Crippen LogP) is 4.42. The number of benzene rings is 1. The lowest BCUT2D eigenvalue weighted by atomic mass is 9.92. The van der Waals surface area contributed by atoms with Crippen molar-refractivity contribution in [1.29, 1.82) is 0 Å². The van der Waals surface area contributed by atoms with Crippen molar-refractivity contribution in [3.05, 3.63) is 41.1 Å². The van der Waals surface area contributed by atoms with Crippen molar-refractivity contribution in [2.45, 2.75) is 72.6 Å². The number of nitrogens with zero attached hydrogens (tertiary/aromatic N) is 2. The lowest BCUT2D eigenvalue weighted by Crippen LogP contribution is -2.33. The van der Waals surface area contributed by atoms with Crippen LogP contribution in [-0.2, 0) is 15.0 Å². The molecule has 2 rings (SSSR count). The zero-order valence-electron chi connectivity index (χ0n) is 18.6. The second-order valence-corrected chi connectivity index (χ2v) is 8.65. The number of amides is 2. The molecular weight excluding hydrogens is 364 g/mol. The van der Waals surface area contributed by atoms with Gasteiger partial charge in [-0.25, -0.2) is 4.68 Å². The van der Waals surface area contributed by atoms with Gasteiger partial charge in [-0.1, -0.05) is 58.2 Å². The van der Waals surface area contributed by atoms with E-state index in [9.17, 15) is 9.59 Å². The molecule has 6 nitrogen and oxygen atoms in total. The van der Waals surface area contributed by atoms with Crippen molar-refractivity contribution in [2.75, 3.05) is 11.9 Å². The fraction of sp³-hybridized carbons (Fsp3) is 0.522. The molecule has 2 amide bonds. The van der Waals surface area contributed by atoms with Gasteiger partial charge in [0.1, 0.15) is 5.82 Å². The smallest absolute Gasteiger partial charge is 0.244 e. The van der Waals surface area contributed by atoms with E-state index >= 15 is 0 Å². The van der Waals surface area contributed by atoms with Gasteiger partial charge >= 0.3 is 0 Å². The highest BCUT2D eigenvalue weighted by Gasteiger charge is 2.22. The Labute approximate surface area is 174 Å². The molecule has 29 heavy (non-hydrogen) atoms. The van der Waals surface area contributed by atoms with Crippen molar-refractivity contribution >= 4 is 17.6 Å². The average molecular weight is 399 g/mol. The van der Waals surface area contributed by atoms with E-state index in [4.69, 9.17) is 5.10 Å². The van der Waals surface area contributed by atoms with Crippen LogP contribution in [0.1, 0.15) is 70.2 Å². The quantitative estimate of drug-likeness (QED) is 0.646. The monoisotopic (exact) mass is 398 g/mol. The minimum Gasteiger partial charge on any atom is -0.347 e. The van der Waals surface area contributed by atoms with Gasteiger partial charge in [-0.15, -0.1) is 0 Å². The first-order valence-electron chi connectivity index (χ1n) is 10.4. The highest BCUT2D eigenvalue weighted by atomic mass is 16.2. The molecule has 0 fully saturated rings. The van der Waals surface area contributed by atoms with Gasteiger partial charge < -0.3 is 10.6 Å². The third-order valence-corrected chi connectivity index (χ3v) is 4.78. The summed E-state index contributed by atoms with van der Waals surface area (Å²) in [5, 5.41) is 10.4. The highest BCUT2D eigenvalue weighted by Crippen LogP contribution is 2.27. The van der Waals surface area contributed by atoms with Gasteiger partial charge in [0.15, 0.2) is 0 Å². The minimum atomic E-state index is -0.264. The highest BCUT2D eigenvalue weighted by molar-refractivity contribution is 5.94. The summed E-state index contributed by atoms with van der Waals surface area (Å²) in [7, 11) is 0. The summed E-state index contributed by atoms with van der Waals surface area (Å²) in [6.45, 7) is 12.4.